The predicted molar refractivity (Wildman–Crippen MR) is 96.0 cm³/mol. The van der Waals surface area contributed by atoms with Crippen molar-refractivity contribution in [2.45, 2.75) is 39.7 Å². The fourth-order valence-corrected chi connectivity index (χ4v) is 2.95. The van der Waals surface area contributed by atoms with Gasteiger partial charge in [0.1, 0.15) is 4.88 Å². The molecule has 0 saturated carbocycles. The number of anilines is 1. The molecule has 0 aliphatic heterocycles. The summed E-state index contributed by atoms with van der Waals surface area (Å²) < 4.78 is 5.14. The number of hydrogen-bond donors (Lipinski definition) is 1. The molecule has 1 aromatic heterocycles. The SMILES string of the molecule is Cc1nc(NC(=O)CCC(=O)c2ccccc2)sc1C(=O)OC(C)C. The number of rotatable bonds is 7. The highest BCUT2D eigenvalue weighted by molar-refractivity contribution is 7.17. The average Bonchev–Trinajstić information content (AvgIpc) is 2.93. The van der Waals surface area contributed by atoms with Gasteiger partial charge < -0.3 is 10.1 Å². The Morgan fingerprint density at radius 1 is 1.16 bits per heavy atom. The summed E-state index contributed by atoms with van der Waals surface area (Å²) in [7, 11) is 0. The number of ether oxygens (including phenoxy) is 1. The molecule has 1 aromatic carbocycles. The first-order valence-electron chi connectivity index (χ1n) is 7.93. The maximum atomic E-state index is 12.0. The van der Waals surface area contributed by atoms with Gasteiger partial charge in [0.25, 0.3) is 0 Å². The molecule has 0 aliphatic carbocycles. The van der Waals surface area contributed by atoms with Gasteiger partial charge in [-0.1, -0.05) is 41.7 Å². The van der Waals surface area contributed by atoms with Crippen molar-refractivity contribution in [2.24, 2.45) is 0 Å². The maximum absolute atomic E-state index is 12.0. The number of benzene rings is 1. The van der Waals surface area contributed by atoms with E-state index in [9.17, 15) is 14.4 Å². The van der Waals surface area contributed by atoms with Gasteiger partial charge in [-0.05, 0) is 20.8 Å². The molecular formula is C18H20N2O4S. The molecule has 1 amide bonds. The number of esters is 1. The van der Waals surface area contributed by atoms with Gasteiger partial charge >= 0.3 is 5.97 Å². The van der Waals surface area contributed by atoms with Gasteiger partial charge in [0, 0.05) is 18.4 Å². The fourth-order valence-electron chi connectivity index (χ4n) is 2.08. The number of carbonyl (C=O) groups excluding carboxylic acids is 3. The first-order chi connectivity index (χ1) is 11.9. The summed E-state index contributed by atoms with van der Waals surface area (Å²) in [5, 5.41) is 2.95. The van der Waals surface area contributed by atoms with E-state index < -0.39 is 5.97 Å². The van der Waals surface area contributed by atoms with Crippen LogP contribution in [0.2, 0.25) is 0 Å². The maximum Gasteiger partial charge on any atom is 0.350 e. The van der Waals surface area contributed by atoms with Crippen molar-refractivity contribution < 1.29 is 19.1 Å². The highest BCUT2D eigenvalue weighted by atomic mass is 32.1. The fraction of sp³-hybridized carbons (Fsp3) is 0.333. The van der Waals surface area contributed by atoms with Crippen molar-refractivity contribution in [1.29, 1.82) is 0 Å². The van der Waals surface area contributed by atoms with Crippen LogP contribution in [-0.4, -0.2) is 28.7 Å². The summed E-state index contributed by atoms with van der Waals surface area (Å²) in [5.74, 6) is -0.862. The number of nitrogens with zero attached hydrogens (tertiary/aromatic N) is 1. The quantitative estimate of drug-likeness (QED) is 0.602. The molecule has 7 heteroatoms. The van der Waals surface area contributed by atoms with Crippen LogP contribution in [-0.2, 0) is 9.53 Å². The average molecular weight is 360 g/mol. The van der Waals surface area contributed by atoms with E-state index in [0.717, 1.165) is 11.3 Å². The zero-order valence-electron chi connectivity index (χ0n) is 14.4. The van der Waals surface area contributed by atoms with E-state index in [4.69, 9.17) is 4.74 Å². The Morgan fingerprint density at radius 3 is 2.48 bits per heavy atom. The Labute approximate surface area is 150 Å². The van der Waals surface area contributed by atoms with Crippen LogP contribution in [0, 0.1) is 6.92 Å². The van der Waals surface area contributed by atoms with Gasteiger partial charge in [0.05, 0.1) is 11.8 Å². The Bertz CT molecular complexity index is 769. The Kier molecular flexibility index (Phi) is 6.41. The highest BCUT2D eigenvalue weighted by Gasteiger charge is 2.19. The number of thiazole rings is 1. The molecule has 6 nitrogen and oxygen atoms in total. The standard InChI is InChI=1S/C18H20N2O4S/c1-11(2)24-17(23)16-12(3)19-18(25-16)20-15(22)10-9-14(21)13-7-5-4-6-8-13/h4-8,11H,9-10H2,1-3H3,(H,19,20,22). The second-order valence-corrected chi connectivity index (χ2v) is 6.72. The molecule has 0 aliphatic rings. The minimum Gasteiger partial charge on any atom is -0.459 e. The van der Waals surface area contributed by atoms with E-state index in [-0.39, 0.29) is 30.6 Å². The summed E-state index contributed by atoms with van der Waals surface area (Å²) in [6, 6.07) is 8.83. The van der Waals surface area contributed by atoms with E-state index in [1.807, 2.05) is 6.07 Å². The normalized spacial score (nSPS) is 10.6. The van der Waals surface area contributed by atoms with Crippen LogP contribution in [0.4, 0.5) is 5.13 Å². The van der Waals surface area contributed by atoms with Crippen molar-refractivity contribution in [3.05, 3.63) is 46.5 Å². The lowest BCUT2D eigenvalue weighted by Crippen LogP contribution is -2.13. The van der Waals surface area contributed by atoms with Crippen LogP contribution >= 0.6 is 11.3 Å². The molecule has 25 heavy (non-hydrogen) atoms. The Morgan fingerprint density at radius 2 is 1.84 bits per heavy atom. The third-order valence-corrected chi connectivity index (χ3v) is 4.30. The third-order valence-electron chi connectivity index (χ3n) is 3.25. The first kappa shape index (κ1) is 18.8. The lowest BCUT2D eigenvalue weighted by molar-refractivity contribution is -0.116. The molecule has 0 saturated heterocycles. The molecular weight excluding hydrogens is 340 g/mol. The van der Waals surface area contributed by atoms with E-state index >= 15 is 0 Å². The van der Waals surface area contributed by atoms with Gasteiger partial charge in [-0.25, -0.2) is 9.78 Å². The van der Waals surface area contributed by atoms with Crippen LogP contribution < -0.4 is 5.32 Å². The van der Waals surface area contributed by atoms with Crippen molar-refractivity contribution >= 4 is 34.1 Å². The molecule has 0 unspecified atom stereocenters. The third kappa shape index (κ3) is 5.49. The van der Waals surface area contributed by atoms with Crippen LogP contribution in [0.25, 0.3) is 0 Å². The monoisotopic (exact) mass is 360 g/mol. The summed E-state index contributed by atoms with van der Waals surface area (Å²) in [4.78, 5) is 40.5. The second-order valence-electron chi connectivity index (χ2n) is 5.72. The molecule has 1 heterocycles. The van der Waals surface area contributed by atoms with Crippen molar-refractivity contribution in [3.63, 3.8) is 0 Å². The number of Topliss-reactive ketones (excluding diaryl/α,β-unsaturated/α-hetero) is 1. The van der Waals surface area contributed by atoms with Crippen LogP contribution in [0.1, 0.15) is 52.4 Å². The summed E-state index contributed by atoms with van der Waals surface area (Å²) >= 11 is 1.07. The molecule has 0 atom stereocenters. The van der Waals surface area contributed by atoms with Gasteiger partial charge in [-0.2, -0.15) is 0 Å². The van der Waals surface area contributed by atoms with Gasteiger partial charge in [0.2, 0.25) is 5.91 Å². The number of hydrogen-bond acceptors (Lipinski definition) is 6. The smallest absolute Gasteiger partial charge is 0.350 e. The predicted octanol–water partition coefficient (Wildman–Crippen LogP) is 3.62. The number of ketones is 1. The lowest BCUT2D eigenvalue weighted by Gasteiger charge is -2.05. The van der Waals surface area contributed by atoms with Crippen molar-refractivity contribution in [1.82, 2.24) is 4.98 Å². The van der Waals surface area contributed by atoms with Gasteiger partial charge in [-0.15, -0.1) is 0 Å². The molecule has 2 aromatic rings. The van der Waals surface area contributed by atoms with Crippen LogP contribution in [0.5, 0.6) is 0 Å². The van der Waals surface area contributed by atoms with E-state index in [0.29, 0.717) is 21.3 Å². The molecule has 132 valence electrons. The minimum absolute atomic E-state index is 0.0537. The van der Waals surface area contributed by atoms with Crippen LogP contribution in [0.15, 0.2) is 30.3 Å². The number of nitrogens with one attached hydrogen (secondary N) is 1. The number of aromatic nitrogens is 1. The molecule has 0 spiro atoms. The number of amides is 1. The highest BCUT2D eigenvalue weighted by Crippen LogP contribution is 2.24. The van der Waals surface area contributed by atoms with E-state index in [2.05, 4.69) is 10.3 Å². The van der Waals surface area contributed by atoms with Gasteiger partial charge in [-0.3, -0.25) is 9.59 Å². The van der Waals surface area contributed by atoms with Crippen molar-refractivity contribution in [3.8, 4) is 0 Å². The Balaban J connectivity index is 1.90. The minimum atomic E-state index is -0.454. The zero-order chi connectivity index (χ0) is 18.4. The molecule has 0 fully saturated rings. The zero-order valence-corrected chi connectivity index (χ0v) is 15.2. The molecule has 1 N–H and O–H groups in total. The Hall–Kier alpha value is -2.54. The topological polar surface area (TPSA) is 85.4 Å². The number of aryl methyl sites for hydroxylation is 1. The molecule has 0 bridgehead atoms. The summed E-state index contributed by atoms with van der Waals surface area (Å²) in [6.45, 7) is 5.21. The first-order valence-corrected chi connectivity index (χ1v) is 8.75. The largest absolute Gasteiger partial charge is 0.459 e. The molecule has 2 rings (SSSR count). The summed E-state index contributed by atoms with van der Waals surface area (Å²) in [6.07, 6.45) is -0.0586. The second kappa shape index (κ2) is 8.53. The van der Waals surface area contributed by atoms with Gasteiger partial charge in [0.15, 0.2) is 10.9 Å². The molecule has 0 radical (unpaired) electrons. The van der Waals surface area contributed by atoms with E-state index in [1.54, 1.807) is 45.0 Å². The summed E-state index contributed by atoms with van der Waals surface area (Å²) in [5.41, 5.74) is 1.09. The number of carbonyl (C=O) groups is 3. The van der Waals surface area contributed by atoms with E-state index in [1.165, 1.54) is 0 Å². The van der Waals surface area contributed by atoms with Crippen molar-refractivity contribution in [2.75, 3.05) is 5.32 Å². The van der Waals surface area contributed by atoms with Crippen LogP contribution in [0.3, 0.4) is 0 Å². The lowest BCUT2D eigenvalue weighted by atomic mass is 10.1.